The summed E-state index contributed by atoms with van der Waals surface area (Å²) in [6.45, 7) is 0. The molecule has 2 aliphatic rings. The van der Waals surface area contributed by atoms with Gasteiger partial charge in [-0.2, -0.15) is 0 Å². The van der Waals surface area contributed by atoms with Crippen LogP contribution in [0.15, 0.2) is 35.9 Å². The molecule has 0 radical (unpaired) electrons. The molecule has 1 aromatic carbocycles. The molecular weight excluding hydrogens is 220 g/mol. The van der Waals surface area contributed by atoms with E-state index in [4.69, 9.17) is 0 Å². The highest BCUT2D eigenvalue weighted by Crippen LogP contribution is 2.44. The van der Waals surface area contributed by atoms with Crippen LogP contribution in [0.2, 0.25) is 0 Å². The van der Waals surface area contributed by atoms with Gasteiger partial charge in [-0.15, -0.1) is 0 Å². The van der Waals surface area contributed by atoms with Crippen molar-refractivity contribution in [1.29, 1.82) is 0 Å². The van der Waals surface area contributed by atoms with Gasteiger partial charge in [-0.1, -0.05) is 43.2 Å². The van der Waals surface area contributed by atoms with Crippen molar-refractivity contribution in [3.8, 4) is 0 Å². The van der Waals surface area contributed by atoms with Crippen LogP contribution in [0.25, 0.3) is 0 Å². The summed E-state index contributed by atoms with van der Waals surface area (Å²) in [6, 6.07) is 8.41. The van der Waals surface area contributed by atoms with Crippen molar-refractivity contribution < 1.29 is 5.11 Å². The Labute approximate surface area is 110 Å². The summed E-state index contributed by atoms with van der Waals surface area (Å²) in [5.41, 5.74) is 3.13. The first-order chi connectivity index (χ1) is 8.81. The lowest BCUT2D eigenvalue weighted by atomic mass is 9.82. The molecule has 0 bridgehead atoms. The van der Waals surface area contributed by atoms with E-state index in [1.807, 2.05) is 0 Å². The quantitative estimate of drug-likeness (QED) is 0.735. The lowest BCUT2D eigenvalue weighted by Crippen LogP contribution is -2.25. The smallest absolute Gasteiger partial charge is 0.111 e. The normalized spacial score (nSPS) is 31.1. The standard InChI is InChI=1S/C17H22O/c18-17(15-9-4-2-1-3-5-10-15)13-12-14-8-6-7-11-16(14)17/h6-9,11,18H,1-5,10,12-13H2/b15-9+. The maximum atomic E-state index is 11.1. The highest BCUT2D eigenvalue weighted by atomic mass is 16.3. The van der Waals surface area contributed by atoms with Gasteiger partial charge < -0.3 is 5.11 Å². The molecule has 18 heavy (non-hydrogen) atoms. The van der Waals surface area contributed by atoms with Crippen molar-refractivity contribution >= 4 is 0 Å². The van der Waals surface area contributed by atoms with Crippen LogP contribution in [0, 0.1) is 0 Å². The SMILES string of the molecule is OC1(/C2=C/CCCCCC2)CCc2ccccc21. The van der Waals surface area contributed by atoms with Crippen LogP contribution in [0.3, 0.4) is 0 Å². The molecule has 0 aliphatic heterocycles. The van der Waals surface area contributed by atoms with E-state index in [0.29, 0.717) is 0 Å². The van der Waals surface area contributed by atoms with E-state index in [1.54, 1.807) is 0 Å². The third kappa shape index (κ3) is 2.01. The van der Waals surface area contributed by atoms with Gasteiger partial charge in [0.25, 0.3) is 0 Å². The minimum atomic E-state index is -0.659. The highest BCUT2D eigenvalue weighted by Gasteiger charge is 2.39. The number of benzene rings is 1. The van der Waals surface area contributed by atoms with Gasteiger partial charge in [-0.05, 0) is 55.2 Å². The lowest BCUT2D eigenvalue weighted by molar-refractivity contribution is 0.0733. The Bertz CT molecular complexity index is 460. The first kappa shape index (κ1) is 12.0. The predicted octanol–water partition coefficient (Wildman–Crippen LogP) is 4.10. The van der Waals surface area contributed by atoms with Crippen LogP contribution >= 0.6 is 0 Å². The molecule has 96 valence electrons. The molecule has 1 atom stereocenters. The Morgan fingerprint density at radius 3 is 2.72 bits per heavy atom. The van der Waals surface area contributed by atoms with Crippen LogP contribution in [-0.2, 0) is 12.0 Å². The molecule has 1 unspecified atom stereocenters. The van der Waals surface area contributed by atoms with Crippen molar-refractivity contribution in [3.05, 3.63) is 47.0 Å². The molecule has 0 saturated carbocycles. The van der Waals surface area contributed by atoms with Gasteiger partial charge in [0, 0.05) is 0 Å². The van der Waals surface area contributed by atoms with E-state index in [1.165, 1.54) is 36.8 Å². The number of aliphatic hydroxyl groups is 1. The topological polar surface area (TPSA) is 20.2 Å². The van der Waals surface area contributed by atoms with Gasteiger partial charge in [0.15, 0.2) is 0 Å². The number of allylic oxidation sites excluding steroid dienone is 1. The summed E-state index contributed by atoms with van der Waals surface area (Å²) in [6.07, 6.45) is 11.6. The number of rotatable bonds is 1. The first-order valence-electron chi connectivity index (χ1n) is 7.31. The third-order valence-electron chi connectivity index (χ3n) is 4.54. The van der Waals surface area contributed by atoms with E-state index in [-0.39, 0.29) is 0 Å². The van der Waals surface area contributed by atoms with Gasteiger partial charge in [0.1, 0.15) is 5.60 Å². The largest absolute Gasteiger partial charge is 0.381 e. The second kappa shape index (κ2) is 4.89. The molecule has 0 spiro atoms. The molecule has 0 saturated heterocycles. The zero-order valence-electron chi connectivity index (χ0n) is 11.0. The molecule has 1 aromatic rings. The second-order valence-electron chi connectivity index (χ2n) is 5.70. The van der Waals surface area contributed by atoms with Gasteiger partial charge in [-0.25, -0.2) is 0 Å². The zero-order chi connectivity index (χ0) is 12.4. The van der Waals surface area contributed by atoms with Gasteiger partial charge in [0.05, 0.1) is 0 Å². The minimum absolute atomic E-state index is 0.659. The van der Waals surface area contributed by atoms with E-state index in [9.17, 15) is 5.11 Å². The number of fused-ring (bicyclic) bond motifs is 1. The number of aryl methyl sites for hydroxylation is 1. The second-order valence-corrected chi connectivity index (χ2v) is 5.70. The molecule has 1 nitrogen and oxygen atoms in total. The highest BCUT2D eigenvalue weighted by molar-refractivity contribution is 5.43. The molecule has 0 aromatic heterocycles. The van der Waals surface area contributed by atoms with Crippen molar-refractivity contribution in [2.24, 2.45) is 0 Å². The summed E-state index contributed by atoms with van der Waals surface area (Å²) >= 11 is 0. The summed E-state index contributed by atoms with van der Waals surface area (Å²) in [5, 5.41) is 11.1. The van der Waals surface area contributed by atoms with Crippen LogP contribution < -0.4 is 0 Å². The van der Waals surface area contributed by atoms with Gasteiger partial charge in [0.2, 0.25) is 0 Å². The summed E-state index contributed by atoms with van der Waals surface area (Å²) in [5.74, 6) is 0. The third-order valence-corrected chi connectivity index (χ3v) is 4.54. The van der Waals surface area contributed by atoms with Crippen molar-refractivity contribution in [3.63, 3.8) is 0 Å². The first-order valence-corrected chi connectivity index (χ1v) is 7.31. The van der Waals surface area contributed by atoms with E-state index in [2.05, 4.69) is 30.3 Å². The Balaban J connectivity index is 1.95. The molecular formula is C17H22O. The van der Waals surface area contributed by atoms with Crippen molar-refractivity contribution in [1.82, 2.24) is 0 Å². The Morgan fingerprint density at radius 1 is 0.944 bits per heavy atom. The molecule has 0 fully saturated rings. The maximum Gasteiger partial charge on any atom is 0.111 e. The van der Waals surface area contributed by atoms with Gasteiger partial charge >= 0.3 is 0 Å². The zero-order valence-corrected chi connectivity index (χ0v) is 11.0. The fourth-order valence-electron chi connectivity index (χ4n) is 3.49. The van der Waals surface area contributed by atoms with Crippen LogP contribution in [0.5, 0.6) is 0 Å². The van der Waals surface area contributed by atoms with Crippen molar-refractivity contribution in [2.75, 3.05) is 0 Å². The molecule has 1 N–H and O–H groups in total. The summed E-state index contributed by atoms with van der Waals surface area (Å²) < 4.78 is 0. The average Bonchev–Trinajstić information content (AvgIpc) is 2.68. The van der Waals surface area contributed by atoms with Crippen LogP contribution in [0.1, 0.15) is 56.1 Å². The number of hydrogen-bond acceptors (Lipinski definition) is 1. The molecule has 1 heteroatoms. The molecule has 0 heterocycles. The summed E-state index contributed by atoms with van der Waals surface area (Å²) in [7, 11) is 0. The van der Waals surface area contributed by atoms with Gasteiger partial charge in [-0.3, -0.25) is 0 Å². The molecule has 3 rings (SSSR count). The summed E-state index contributed by atoms with van der Waals surface area (Å²) in [4.78, 5) is 0. The van der Waals surface area contributed by atoms with E-state index in [0.717, 1.165) is 31.2 Å². The fraction of sp³-hybridized carbons (Fsp3) is 0.529. The Morgan fingerprint density at radius 2 is 1.78 bits per heavy atom. The average molecular weight is 242 g/mol. The van der Waals surface area contributed by atoms with Crippen LogP contribution in [0.4, 0.5) is 0 Å². The van der Waals surface area contributed by atoms with Crippen molar-refractivity contribution in [2.45, 2.75) is 57.0 Å². The van der Waals surface area contributed by atoms with Crippen LogP contribution in [-0.4, -0.2) is 5.11 Å². The monoisotopic (exact) mass is 242 g/mol. The molecule has 0 amide bonds. The van der Waals surface area contributed by atoms with E-state index < -0.39 is 5.60 Å². The van der Waals surface area contributed by atoms with E-state index >= 15 is 0 Å². The fourth-order valence-corrected chi connectivity index (χ4v) is 3.49. The molecule has 2 aliphatic carbocycles. The number of hydrogen-bond donors (Lipinski definition) is 1. The lowest BCUT2D eigenvalue weighted by Gasteiger charge is -2.29. The Hall–Kier alpha value is -1.08. The Kier molecular flexibility index (Phi) is 3.25. The minimum Gasteiger partial charge on any atom is -0.381 e. The predicted molar refractivity (Wildman–Crippen MR) is 74.4 cm³/mol. The maximum absolute atomic E-state index is 11.1.